The van der Waals surface area contributed by atoms with Crippen molar-refractivity contribution < 1.29 is 0 Å². The van der Waals surface area contributed by atoms with Crippen LogP contribution in [0.5, 0.6) is 0 Å². The van der Waals surface area contributed by atoms with Gasteiger partial charge in [-0.05, 0) is 104 Å². The van der Waals surface area contributed by atoms with E-state index in [4.69, 9.17) is 11.6 Å². The normalized spacial score (nSPS) is 13.8. The predicted molar refractivity (Wildman–Crippen MR) is 180 cm³/mol. The molecule has 0 radical (unpaired) electrons. The Bertz CT molecular complexity index is 2170. The minimum atomic E-state index is -0.428. The maximum atomic E-state index is 6.27. The van der Waals surface area contributed by atoms with E-state index < -0.39 is 5.41 Å². The van der Waals surface area contributed by atoms with Gasteiger partial charge in [0.1, 0.15) is 0 Å². The molecule has 0 atom stereocenters. The number of rotatable bonds is 2. The van der Waals surface area contributed by atoms with Crippen LogP contribution in [-0.4, -0.2) is 0 Å². The van der Waals surface area contributed by atoms with E-state index in [-0.39, 0.29) is 0 Å². The molecule has 2 aliphatic rings. The van der Waals surface area contributed by atoms with Crippen molar-refractivity contribution in [3.05, 3.63) is 185 Å². The van der Waals surface area contributed by atoms with Crippen LogP contribution in [0.4, 0.5) is 17.1 Å². The van der Waals surface area contributed by atoms with Gasteiger partial charge in [0, 0.05) is 10.7 Å². The van der Waals surface area contributed by atoms with E-state index in [0.29, 0.717) is 0 Å². The number of fused-ring (bicyclic) bond motifs is 10. The van der Waals surface area contributed by atoms with Crippen molar-refractivity contribution in [1.82, 2.24) is 0 Å². The van der Waals surface area contributed by atoms with Crippen molar-refractivity contribution in [2.24, 2.45) is 0 Å². The predicted octanol–water partition coefficient (Wildman–Crippen LogP) is 11.3. The second-order valence-corrected chi connectivity index (χ2v) is 11.9. The highest BCUT2D eigenvalue weighted by Gasteiger charge is 2.51. The average Bonchev–Trinajstić information content (AvgIpc) is 3.35. The fraction of sp³-hybridized carbons (Fsp3) is 0.0244. The van der Waals surface area contributed by atoms with Gasteiger partial charge >= 0.3 is 0 Å². The number of para-hydroxylation sites is 3. The zero-order chi connectivity index (χ0) is 28.5. The zero-order valence-electron chi connectivity index (χ0n) is 23.3. The summed E-state index contributed by atoms with van der Waals surface area (Å²) in [6, 6.07) is 57.4. The molecule has 0 amide bonds. The molecule has 0 saturated carbocycles. The van der Waals surface area contributed by atoms with Gasteiger partial charge in [0.15, 0.2) is 0 Å². The van der Waals surface area contributed by atoms with Gasteiger partial charge in [0.2, 0.25) is 0 Å². The van der Waals surface area contributed by atoms with E-state index in [0.717, 1.165) is 16.1 Å². The van der Waals surface area contributed by atoms with Gasteiger partial charge < -0.3 is 4.90 Å². The molecule has 0 fully saturated rings. The van der Waals surface area contributed by atoms with Crippen LogP contribution in [0, 0.1) is 0 Å². The van der Waals surface area contributed by atoms with Crippen LogP contribution < -0.4 is 4.90 Å². The lowest BCUT2D eigenvalue weighted by atomic mass is 9.64. The number of nitrogens with zero attached hydrogens (tertiary/aromatic N) is 1. The molecule has 1 aliphatic carbocycles. The fourth-order valence-corrected chi connectivity index (χ4v) is 7.72. The van der Waals surface area contributed by atoms with Crippen molar-refractivity contribution in [2.75, 3.05) is 4.90 Å². The third-order valence-electron chi connectivity index (χ3n) is 9.29. The van der Waals surface area contributed by atoms with E-state index in [1.807, 2.05) is 12.1 Å². The molecule has 9 rings (SSSR count). The monoisotopic (exact) mass is 567 g/mol. The maximum absolute atomic E-state index is 6.27. The lowest BCUT2D eigenvalue weighted by Crippen LogP contribution is -2.36. The molecule has 1 aliphatic heterocycles. The molecule has 1 heterocycles. The molecule has 0 unspecified atom stereocenters. The molecule has 1 nitrogen and oxygen atoms in total. The number of hydrogen-bond acceptors (Lipinski definition) is 1. The lowest BCUT2D eigenvalue weighted by Gasteiger charge is -2.45. The first kappa shape index (κ1) is 24.5. The van der Waals surface area contributed by atoms with Gasteiger partial charge in [-0.25, -0.2) is 0 Å². The Morgan fingerprint density at radius 2 is 0.977 bits per heavy atom. The lowest BCUT2D eigenvalue weighted by molar-refractivity contribution is 0.753. The molecule has 1 spiro atoms. The Morgan fingerprint density at radius 3 is 1.74 bits per heavy atom. The third-order valence-corrected chi connectivity index (χ3v) is 9.53. The summed E-state index contributed by atoms with van der Waals surface area (Å²) in [7, 11) is 0. The van der Waals surface area contributed by atoms with Crippen molar-refractivity contribution in [3.63, 3.8) is 0 Å². The second kappa shape index (κ2) is 9.19. The number of benzene rings is 7. The number of hydrogen-bond donors (Lipinski definition) is 0. The van der Waals surface area contributed by atoms with Crippen LogP contribution >= 0.6 is 11.6 Å². The highest BCUT2D eigenvalue weighted by molar-refractivity contribution is 6.31. The second-order valence-electron chi connectivity index (χ2n) is 11.5. The molecular formula is C41H26ClN. The number of halogens is 1. The molecule has 2 heteroatoms. The smallest absolute Gasteiger partial charge is 0.0754 e. The van der Waals surface area contributed by atoms with Gasteiger partial charge in [0.25, 0.3) is 0 Å². The minimum absolute atomic E-state index is 0.428. The van der Waals surface area contributed by atoms with Crippen molar-refractivity contribution in [2.45, 2.75) is 5.41 Å². The molecular weight excluding hydrogens is 542 g/mol. The van der Waals surface area contributed by atoms with Crippen LogP contribution in [0.2, 0.25) is 5.02 Å². The Kier molecular flexibility index (Phi) is 5.24. The van der Waals surface area contributed by atoms with Crippen molar-refractivity contribution in [1.29, 1.82) is 0 Å². The molecule has 0 saturated heterocycles. The summed E-state index contributed by atoms with van der Waals surface area (Å²) < 4.78 is 0. The molecule has 0 bridgehead atoms. The first-order valence-electron chi connectivity index (χ1n) is 14.7. The van der Waals surface area contributed by atoms with E-state index in [2.05, 4.69) is 150 Å². The first-order chi connectivity index (χ1) is 21.2. The fourth-order valence-electron chi connectivity index (χ4n) is 7.54. The molecule has 43 heavy (non-hydrogen) atoms. The molecule has 7 aromatic carbocycles. The highest BCUT2D eigenvalue weighted by atomic mass is 35.5. The molecule has 7 aromatic rings. The molecule has 0 aromatic heterocycles. The molecule has 0 N–H and O–H groups in total. The van der Waals surface area contributed by atoms with E-state index in [1.165, 1.54) is 61.3 Å². The zero-order valence-corrected chi connectivity index (χ0v) is 24.1. The topological polar surface area (TPSA) is 3.24 Å². The summed E-state index contributed by atoms with van der Waals surface area (Å²) in [5, 5.41) is 3.11. The third kappa shape index (κ3) is 3.40. The van der Waals surface area contributed by atoms with Crippen LogP contribution in [0.3, 0.4) is 0 Å². The van der Waals surface area contributed by atoms with E-state index >= 15 is 0 Å². The Labute approximate surface area is 256 Å². The van der Waals surface area contributed by atoms with E-state index in [9.17, 15) is 0 Å². The largest absolute Gasteiger partial charge is 0.310 e. The van der Waals surface area contributed by atoms with Crippen molar-refractivity contribution in [3.8, 4) is 22.3 Å². The quantitative estimate of drug-likeness (QED) is 0.201. The highest BCUT2D eigenvalue weighted by Crippen LogP contribution is 2.63. The summed E-state index contributed by atoms with van der Waals surface area (Å²) in [5.74, 6) is 0. The minimum Gasteiger partial charge on any atom is -0.310 e. The van der Waals surface area contributed by atoms with Gasteiger partial charge in [-0.1, -0.05) is 121 Å². The standard InChI is InChI=1S/C41H26ClN/c42-31-22-20-28-24-27(18-19-29(28)25-31)30-21-23-36-34(26-30)33-12-4-5-13-35(33)41(36)37-14-6-8-16-39(37)43(32-10-2-1-3-11-32)40-17-9-7-15-38(40)41/h1-26H. The summed E-state index contributed by atoms with van der Waals surface area (Å²) in [6.45, 7) is 0. The first-order valence-corrected chi connectivity index (χ1v) is 15.1. The van der Waals surface area contributed by atoms with Gasteiger partial charge in [-0.15, -0.1) is 0 Å². The van der Waals surface area contributed by atoms with Crippen LogP contribution in [0.15, 0.2) is 158 Å². The van der Waals surface area contributed by atoms with Crippen LogP contribution in [0.1, 0.15) is 22.3 Å². The van der Waals surface area contributed by atoms with E-state index in [1.54, 1.807) is 0 Å². The Balaban J connectivity index is 1.33. The Hall–Kier alpha value is -5.11. The van der Waals surface area contributed by atoms with Crippen molar-refractivity contribution >= 4 is 39.4 Å². The summed E-state index contributed by atoms with van der Waals surface area (Å²) in [5.41, 5.74) is 13.5. The summed E-state index contributed by atoms with van der Waals surface area (Å²) in [4.78, 5) is 2.42. The average molecular weight is 568 g/mol. The number of anilines is 3. The Morgan fingerprint density at radius 1 is 0.419 bits per heavy atom. The van der Waals surface area contributed by atoms with Gasteiger partial charge in [-0.2, -0.15) is 0 Å². The van der Waals surface area contributed by atoms with Gasteiger partial charge in [0.05, 0.1) is 16.8 Å². The summed E-state index contributed by atoms with van der Waals surface area (Å²) in [6.07, 6.45) is 0. The summed E-state index contributed by atoms with van der Waals surface area (Å²) >= 11 is 6.27. The van der Waals surface area contributed by atoms with Crippen LogP contribution in [-0.2, 0) is 5.41 Å². The maximum Gasteiger partial charge on any atom is 0.0754 e. The molecule has 202 valence electrons. The van der Waals surface area contributed by atoms with Gasteiger partial charge in [-0.3, -0.25) is 0 Å². The van der Waals surface area contributed by atoms with Crippen LogP contribution in [0.25, 0.3) is 33.0 Å². The SMILES string of the molecule is Clc1ccc2cc(-c3ccc4c(c3)-c3ccccc3C43c4ccccc4N(c4ccccc4)c4ccccc43)ccc2c1.